The zero-order valence-corrected chi connectivity index (χ0v) is 13.9. The smallest absolute Gasteiger partial charge is 0.240 e. The van der Waals surface area contributed by atoms with Gasteiger partial charge in [0.05, 0.1) is 0 Å². The Labute approximate surface area is 135 Å². The molecule has 0 aliphatic carbocycles. The third-order valence-corrected chi connectivity index (χ3v) is 4.59. The highest BCUT2D eigenvalue weighted by Gasteiger charge is 2.32. The lowest BCUT2D eigenvalue weighted by atomic mass is 10.2. The van der Waals surface area contributed by atoms with E-state index in [0.29, 0.717) is 5.17 Å². The Morgan fingerprint density at radius 1 is 1.45 bits per heavy atom. The van der Waals surface area contributed by atoms with Crippen LogP contribution in [0, 0.1) is 6.92 Å². The molecule has 0 aromatic heterocycles. The third kappa shape index (κ3) is 4.34. The molecule has 2 rings (SSSR count). The number of thioether (sulfide) groups is 1. The second-order valence-electron chi connectivity index (χ2n) is 5.35. The van der Waals surface area contributed by atoms with E-state index in [9.17, 15) is 9.59 Å². The van der Waals surface area contributed by atoms with E-state index in [4.69, 9.17) is 0 Å². The van der Waals surface area contributed by atoms with Gasteiger partial charge in [-0.2, -0.15) is 0 Å². The maximum atomic E-state index is 12.1. The minimum atomic E-state index is -0.410. The normalized spacial score (nSPS) is 20.8. The predicted molar refractivity (Wildman–Crippen MR) is 91.1 cm³/mol. The Bertz CT molecular complexity index is 601. The molecule has 6 heteroatoms. The van der Waals surface area contributed by atoms with Gasteiger partial charge in [-0.15, -0.1) is 0 Å². The summed E-state index contributed by atoms with van der Waals surface area (Å²) in [5.74, 6) is -0.307. The number of amidine groups is 1. The van der Waals surface area contributed by atoms with Crippen molar-refractivity contribution in [3.63, 3.8) is 0 Å². The molecule has 118 valence electrons. The number of benzene rings is 1. The number of hydrogen-bond acceptors (Lipinski definition) is 4. The number of nitrogens with one attached hydrogen (secondary N) is 2. The van der Waals surface area contributed by atoms with Gasteiger partial charge in [0.25, 0.3) is 0 Å². The molecule has 1 heterocycles. The first-order valence-electron chi connectivity index (χ1n) is 7.40. The maximum Gasteiger partial charge on any atom is 0.240 e. The van der Waals surface area contributed by atoms with Crippen molar-refractivity contribution >= 4 is 34.4 Å². The molecule has 0 saturated carbocycles. The Hall–Kier alpha value is -1.82. The van der Waals surface area contributed by atoms with E-state index in [1.807, 2.05) is 45.0 Å². The highest BCUT2D eigenvalue weighted by Crippen LogP contribution is 2.24. The van der Waals surface area contributed by atoms with Crippen molar-refractivity contribution in [2.24, 2.45) is 4.99 Å². The number of carbonyl (C=O) groups excluding carboxylic acids is 2. The molecule has 5 nitrogen and oxygen atoms in total. The summed E-state index contributed by atoms with van der Waals surface area (Å²) in [4.78, 5) is 28.4. The molecule has 1 aromatic carbocycles. The number of anilines is 1. The van der Waals surface area contributed by atoms with E-state index in [0.717, 1.165) is 17.7 Å². The number of aliphatic imine (C=N–C) groups is 1. The maximum absolute atomic E-state index is 12.1. The van der Waals surface area contributed by atoms with Gasteiger partial charge < -0.3 is 10.6 Å². The fourth-order valence-corrected chi connectivity index (χ4v) is 3.05. The molecule has 22 heavy (non-hydrogen) atoms. The second-order valence-corrected chi connectivity index (χ2v) is 6.55. The van der Waals surface area contributed by atoms with Crippen molar-refractivity contribution in [3.8, 4) is 0 Å². The molecule has 1 aromatic rings. The molecule has 1 aliphatic rings. The quantitative estimate of drug-likeness (QED) is 0.876. The van der Waals surface area contributed by atoms with Crippen LogP contribution in [0.25, 0.3) is 0 Å². The summed E-state index contributed by atoms with van der Waals surface area (Å²) in [6.45, 7) is 5.98. The zero-order chi connectivity index (χ0) is 16.1. The Morgan fingerprint density at radius 2 is 2.18 bits per heavy atom. The molecule has 2 N–H and O–H groups in total. The Morgan fingerprint density at radius 3 is 2.86 bits per heavy atom. The minimum absolute atomic E-state index is 0.143. The van der Waals surface area contributed by atoms with E-state index < -0.39 is 5.25 Å². The van der Waals surface area contributed by atoms with Gasteiger partial charge in [-0.3, -0.25) is 14.6 Å². The first kappa shape index (κ1) is 16.5. The van der Waals surface area contributed by atoms with Crippen molar-refractivity contribution < 1.29 is 9.59 Å². The molecule has 1 saturated heterocycles. The standard InChI is InChI=1S/C16H21N3O2S/c1-4-11(3)17-16-19-15(21)13(22-16)9-14(20)18-12-8-6-5-7-10(12)2/h5-8,11,13H,4,9H2,1-3H3,(H,18,20)(H,17,19,21)/t11-,13-/m0/s1. The van der Waals surface area contributed by atoms with Gasteiger partial charge in [0, 0.05) is 18.2 Å². The average Bonchev–Trinajstić information content (AvgIpc) is 2.81. The molecule has 2 atom stereocenters. The summed E-state index contributed by atoms with van der Waals surface area (Å²) >= 11 is 1.33. The van der Waals surface area contributed by atoms with Crippen LogP contribution in [-0.4, -0.2) is 28.3 Å². The summed E-state index contributed by atoms with van der Waals surface area (Å²) in [6, 6.07) is 7.75. The van der Waals surface area contributed by atoms with E-state index in [-0.39, 0.29) is 24.3 Å². The highest BCUT2D eigenvalue weighted by atomic mass is 32.2. The van der Waals surface area contributed by atoms with Crippen molar-refractivity contribution in [2.45, 2.75) is 44.9 Å². The number of rotatable bonds is 5. The average molecular weight is 319 g/mol. The van der Waals surface area contributed by atoms with Crippen LogP contribution in [0.4, 0.5) is 5.69 Å². The van der Waals surface area contributed by atoms with Gasteiger partial charge in [-0.05, 0) is 31.9 Å². The molecule has 0 unspecified atom stereocenters. The lowest BCUT2D eigenvalue weighted by Crippen LogP contribution is -2.28. The van der Waals surface area contributed by atoms with Crippen LogP contribution < -0.4 is 10.6 Å². The number of aryl methyl sites for hydroxylation is 1. The number of para-hydroxylation sites is 1. The van der Waals surface area contributed by atoms with Crippen molar-refractivity contribution in [1.29, 1.82) is 0 Å². The Balaban J connectivity index is 1.94. The fraction of sp³-hybridized carbons (Fsp3) is 0.438. The first-order chi connectivity index (χ1) is 10.5. The van der Waals surface area contributed by atoms with E-state index in [1.54, 1.807) is 0 Å². The molecule has 0 radical (unpaired) electrons. The molecular formula is C16H21N3O2S. The lowest BCUT2D eigenvalue weighted by molar-refractivity contribution is -0.122. The van der Waals surface area contributed by atoms with Gasteiger partial charge in [0.1, 0.15) is 5.25 Å². The number of hydrogen-bond donors (Lipinski definition) is 2. The van der Waals surface area contributed by atoms with Gasteiger partial charge in [-0.1, -0.05) is 36.9 Å². The monoisotopic (exact) mass is 319 g/mol. The largest absolute Gasteiger partial charge is 0.326 e. The molecule has 0 spiro atoms. The molecule has 1 fully saturated rings. The van der Waals surface area contributed by atoms with Crippen LogP contribution in [0.5, 0.6) is 0 Å². The zero-order valence-electron chi connectivity index (χ0n) is 13.1. The predicted octanol–water partition coefficient (Wildman–Crippen LogP) is 2.71. The van der Waals surface area contributed by atoms with Gasteiger partial charge >= 0.3 is 0 Å². The first-order valence-corrected chi connectivity index (χ1v) is 8.28. The summed E-state index contributed by atoms with van der Waals surface area (Å²) in [7, 11) is 0. The third-order valence-electron chi connectivity index (χ3n) is 3.49. The summed E-state index contributed by atoms with van der Waals surface area (Å²) < 4.78 is 0. The molecular weight excluding hydrogens is 298 g/mol. The van der Waals surface area contributed by atoms with Gasteiger partial charge in [0.15, 0.2) is 5.17 Å². The van der Waals surface area contributed by atoms with Crippen LogP contribution in [0.2, 0.25) is 0 Å². The van der Waals surface area contributed by atoms with E-state index in [2.05, 4.69) is 15.6 Å². The fourth-order valence-electron chi connectivity index (χ4n) is 1.97. The van der Waals surface area contributed by atoms with Gasteiger partial charge in [-0.25, -0.2) is 0 Å². The molecule has 0 bridgehead atoms. The molecule has 2 amide bonds. The summed E-state index contributed by atoms with van der Waals surface area (Å²) in [5, 5.41) is 5.80. The van der Waals surface area contributed by atoms with Crippen molar-refractivity contribution in [2.75, 3.05) is 5.32 Å². The van der Waals surface area contributed by atoms with Crippen molar-refractivity contribution in [3.05, 3.63) is 29.8 Å². The number of nitrogens with zero attached hydrogens (tertiary/aromatic N) is 1. The Kier molecular flexibility index (Phi) is 5.60. The summed E-state index contributed by atoms with van der Waals surface area (Å²) in [6.07, 6.45) is 1.06. The lowest BCUT2D eigenvalue weighted by Gasteiger charge is -2.09. The topological polar surface area (TPSA) is 70.6 Å². The SMILES string of the molecule is CC[C@H](C)N=C1NC(=O)[C@H](CC(=O)Nc2ccccc2C)S1. The second kappa shape index (κ2) is 7.45. The van der Waals surface area contributed by atoms with Crippen molar-refractivity contribution in [1.82, 2.24) is 5.32 Å². The molecule has 1 aliphatic heterocycles. The van der Waals surface area contributed by atoms with Crippen LogP contribution in [-0.2, 0) is 9.59 Å². The van der Waals surface area contributed by atoms with E-state index in [1.165, 1.54) is 11.8 Å². The van der Waals surface area contributed by atoms with Crippen LogP contribution in [0.1, 0.15) is 32.3 Å². The van der Waals surface area contributed by atoms with Crippen LogP contribution in [0.3, 0.4) is 0 Å². The highest BCUT2D eigenvalue weighted by molar-refractivity contribution is 8.15. The van der Waals surface area contributed by atoms with Crippen LogP contribution in [0.15, 0.2) is 29.3 Å². The number of amides is 2. The number of carbonyl (C=O) groups is 2. The minimum Gasteiger partial charge on any atom is -0.326 e. The summed E-state index contributed by atoms with van der Waals surface area (Å²) in [5.41, 5.74) is 1.78. The van der Waals surface area contributed by atoms with Crippen LogP contribution >= 0.6 is 11.8 Å². The van der Waals surface area contributed by atoms with E-state index >= 15 is 0 Å². The van der Waals surface area contributed by atoms with Gasteiger partial charge in [0.2, 0.25) is 11.8 Å².